The molecule has 1 aliphatic rings. The quantitative estimate of drug-likeness (QED) is 0.447. The summed E-state index contributed by atoms with van der Waals surface area (Å²) in [6, 6.07) is 10.2. The molecule has 1 aliphatic heterocycles. The van der Waals surface area contributed by atoms with Crippen molar-refractivity contribution in [3.8, 4) is 11.3 Å². The van der Waals surface area contributed by atoms with E-state index >= 15 is 0 Å². The van der Waals surface area contributed by atoms with E-state index in [1.165, 1.54) is 19.3 Å². The van der Waals surface area contributed by atoms with Gasteiger partial charge in [-0.15, -0.1) is 0 Å². The molecule has 3 aromatic rings. The van der Waals surface area contributed by atoms with E-state index in [2.05, 4.69) is 31.2 Å². The van der Waals surface area contributed by atoms with Gasteiger partial charge in [0.05, 0.1) is 16.4 Å². The summed E-state index contributed by atoms with van der Waals surface area (Å²) in [5, 5.41) is 8.68. The number of halogens is 2. The number of anilines is 1. The van der Waals surface area contributed by atoms with Gasteiger partial charge in [0.1, 0.15) is 12.1 Å². The monoisotopic (exact) mass is 489 g/mol. The van der Waals surface area contributed by atoms with E-state index in [1.54, 1.807) is 6.20 Å². The Kier molecular flexibility index (Phi) is 7.02. The molecule has 0 amide bonds. The van der Waals surface area contributed by atoms with Crippen LogP contribution in [0.25, 0.3) is 16.9 Å². The van der Waals surface area contributed by atoms with Gasteiger partial charge in [-0.05, 0) is 47.8 Å². The zero-order valence-corrected chi connectivity index (χ0v) is 19.1. The molecule has 1 fully saturated rings. The van der Waals surface area contributed by atoms with Crippen molar-refractivity contribution in [3.05, 3.63) is 46.0 Å². The highest BCUT2D eigenvalue weighted by atomic mass is 79.9. The van der Waals surface area contributed by atoms with Gasteiger partial charge in [0.15, 0.2) is 5.65 Å². The maximum Gasteiger partial charge on any atom is 0.172 e. The Morgan fingerprint density at radius 2 is 2.17 bits per heavy atom. The number of carbonyl (C=O) groups is 1. The van der Waals surface area contributed by atoms with Gasteiger partial charge in [-0.2, -0.15) is 9.61 Å². The molecule has 1 atom stereocenters. The number of aromatic nitrogens is 3. The molecule has 0 bridgehead atoms. The second-order valence-electron chi connectivity index (χ2n) is 7.59. The number of nitrogens with zero attached hydrogens (tertiary/aromatic N) is 4. The molecule has 0 radical (unpaired) electrons. The maximum atomic E-state index is 10.8. The molecule has 6 nitrogen and oxygen atoms in total. The van der Waals surface area contributed by atoms with Gasteiger partial charge in [0, 0.05) is 42.2 Å². The number of rotatable bonds is 8. The molecule has 158 valence electrons. The lowest BCUT2D eigenvalue weighted by Crippen LogP contribution is -2.41. The van der Waals surface area contributed by atoms with Crippen molar-refractivity contribution in [2.24, 2.45) is 0 Å². The van der Waals surface area contributed by atoms with Crippen LogP contribution >= 0.6 is 27.5 Å². The van der Waals surface area contributed by atoms with Gasteiger partial charge in [-0.3, -0.25) is 4.90 Å². The lowest BCUT2D eigenvalue weighted by molar-refractivity contribution is -0.108. The average Bonchev–Trinajstić information content (AvgIpc) is 3.14. The Bertz CT molecular complexity index is 1020. The normalized spacial score (nSPS) is 17.3. The fourth-order valence-corrected chi connectivity index (χ4v) is 4.72. The number of fused-ring (bicyclic) bond motifs is 1. The molecule has 4 rings (SSSR count). The minimum atomic E-state index is 0.510. The van der Waals surface area contributed by atoms with Crippen molar-refractivity contribution in [1.29, 1.82) is 0 Å². The molecule has 1 saturated heterocycles. The van der Waals surface area contributed by atoms with Crippen molar-refractivity contribution in [1.82, 2.24) is 19.5 Å². The fourth-order valence-electron chi connectivity index (χ4n) is 4.14. The van der Waals surface area contributed by atoms with Gasteiger partial charge in [0.2, 0.25) is 0 Å². The first-order valence-electron chi connectivity index (χ1n) is 10.4. The standard InChI is InChI=1S/C22H25BrClN5O/c23-18-15-26-29-21(14-20(27-22(18)29)17-7-1-2-8-19(17)24)25-10-9-16-6-3-4-11-28(16)12-5-13-30/h1-2,7-8,13-16,25H,3-6,9-12H2. The van der Waals surface area contributed by atoms with Gasteiger partial charge in [-0.1, -0.05) is 36.2 Å². The highest BCUT2D eigenvalue weighted by Gasteiger charge is 2.21. The topological polar surface area (TPSA) is 62.5 Å². The summed E-state index contributed by atoms with van der Waals surface area (Å²) in [6.45, 7) is 2.76. The summed E-state index contributed by atoms with van der Waals surface area (Å²) in [7, 11) is 0. The average molecular weight is 491 g/mol. The van der Waals surface area contributed by atoms with Crippen molar-refractivity contribution in [2.75, 3.05) is 25.0 Å². The number of hydrogen-bond acceptors (Lipinski definition) is 5. The number of benzene rings is 1. The second-order valence-corrected chi connectivity index (χ2v) is 8.85. The third-order valence-corrected chi connectivity index (χ3v) is 6.53. The molecule has 0 aliphatic carbocycles. The molecule has 2 aromatic heterocycles. The summed E-state index contributed by atoms with van der Waals surface area (Å²) in [5.74, 6) is 0.885. The number of aldehydes is 1. The summed E-state index contributed by atoms with van der Waals surface area (Å²) in [4.78, 5) is 18.0. The minimum absolute atomic E-state index is 0.510. The van der Waals surface area contributed by atoms with Crippen LogP contribution in [0.4, 0.5) is 5.82 Å². The van der Waals surface area contributed by atoms with Gasteiger partial charge in [0.25, 0.3) is 0 Å². The first-order chi connectivity index (χ1) is 14.7. The fraction of sp³-hybridized carbons (Fsp3) is 0.409. The largest absolute Gasteiger partial charge is 0.370 e. The summed E-state index contributed by atoms with van der Waals surface area (Å²) >= 11 is 9.96. The number of hydrogen-bond donors (Lipinski definition) is 1. The zero-order chi connectivity index (χ0) is 20.9. The number of carbonyl (C=O) groups excluding carboxylic acids is 1. The van der Waals surface area contributed by atoms with E-state index in [1.807, 2.05) is 34.8 Å². The number of likely N-dealkylation sites (tertiary alicyclic amines) is 1. The van der Waals surface area contributed by atoms with Crippen LogP contribution in [0, 0.1) is 0 Å². The van der Waals surface area contributed by atoms with Crippen LogP contribution in [-0.4, -0.2) is 51.5 Å². The minimum Gasteiger partial charge on any atom is -0.370 e. The molecule has 8 heteroatoms. The Labute approximate surface area is 189 Å². The number of piperidine rings is 1. The van der Waals surface area contributed by atoms with Crippen LogP contribution in [0.15, 0.2) is 41.0 Å². The Balaban J connectivity index is 1.53. The smallest absolute Gasteiger partial charge is 0.172 e. The van der Waals surface area contributed by atoms with E-state index in [0.717, 1.165) is 59.5 Å². The Hall–Kier alpha value is -1.96. The molecule has 1 aromatic carbocycles. The van der Waals surface area contributed by atoms with Crippen molar-refractivity contribution >= 4 is 45.3 Å². The van der Waals surface area contributed by atoms with Crippen LogP contribution in [0.2, 0.25) is 5.02 Å². The molecule has 1 N–H and O–H groups in total. The third kappa shape index (κ3) is 4.68. The molecule has 3 heterocycles. The van der Waals surface area contributed by atoms with Crippen LogP contribution in [-0.2, 0) is 4.79 Å². The Morgan fingerprint density at radius 3 is 3.00 bits per heavy atom. The first-order valence-corrected chi connectivity index (χ1v) is 11.5. The van der Waals surface area contributed by atoms with E-state index < -0.39 is 0 Å². The van der Waals surface area contributed by atoms with E-state index in [4.69, 9.17) is 16.6 Å². The van der Waals surface area contributed by atoms with Crippen LogP contribution < -0.4 is 5.32 Å². The predicted octanol–water partition coefficient (Wildman–Crippen LogP) is 5.06. The van der Waals surface area contributed by atoms with Crippen LogP contribution in [0.5, 0.6) is 0 Å². The second kappa shape index (κ2) is 9.90. The number of nitrogens with one attached hydrogen (secondary N) is 1. The van der Waals surface area contributed by atoms with Crippen molar-refractivity contribution in [3.63, 3.8) is 0 Å². The van der Waals surface area contributed by atoms with Gasteiger partial charge < -0.3 is 10.1 Å². The zero-order valence-electron chi connectivity index (χ0n) is 16.7. The Morgan fingerprint density at radius 1 is 1.30 bits per heavy atom. The van der Waals surface area contributed by atoms with Crippen molar-refractivity contribution < 1.29 is 4.79 Å². The lowest BCUT2D eigenvalue weighted by atomic mass is 9.99. The molecule has 0 spiro atoms. The van der Waals surface area contributed by atoms with Crippen LogP contribution in [0.3, 0.4) is 0 Å². The van der Waals surface area contributed by atoms with Gasteiger partial charge >= 0.3 is 0 Å². The summed E-state index contributed by atoms with van der Waals surface area (Å²) in [5.41, 5.74) is 2.45. The SMILES string of the molecule is O=CCCN1CCCCC1CCNc1cc(-c2ccccc2Cl)nc2c(Br)cnn12. The maximum absolute atomic E-state index is 10.8. The summed E-state index contributed by atoms with van der Waals surface area (Å²) < 4.78 is 2.65. The van der Waals surface area contributed by atoms with E-state index in [9.17, 15) is 4.79 Å². The molecular weight excluding hydrogens is 466 g/mol. The molecule has 0 saturated carbocycles. The molecular formula is C22H25BrClN5O. The first kappa shape index (κ1) is 21.3. The van der Waals surface area contributed by atoms with Gasteiger partial charge in [-0.25, -0.2) is 4.98 Å². The predicted molar refractivity (Wildman–Crippen MR) is 124 cm³/mol. The lowest BCUT2D eigenvalue weighted by Gasteiger charge is -2.35. The highest BCUT2D eigenvalue weighted by molar-refractivity contribution is 9.10. The van der Waals surface area contributed by atoms with E-state index in [0.29, 0.717) is 17.5 Å². The molecule has 30 heavy (non-hydrogen) atoms. The summed E-state index contributed by atoms with van der Waals surface area (Å²) in [6.07, 6.45) is 8.06. The third-order valence-electron chi connectivity index (χ3n) is 5.65. The van der Waals surface area contributed by atoms with Crippen LogP contribution in [0.1, 0.15) is 32.1 Å². The molecule has 1 unspecified atom stereocenters. The van der Waals surface area contributed by atoms with E-state index in [-0.39, 0.29) is 0 Å². The highest BCUT2D eigenvalue weighted by Crippen LogP contribution is 2.30. The van der Waals surface area contributed by atoms with Crippen molar-refractivity contribution in [2.45, 2.75) is 38.1 Å².